The monoisotopic (exact) mass is 492 g/mol. The molecule has 1 aliphatic heterocycles. The van der Waals surface area contributed by atoms with Gasteiger partial charge in [-0.1, -0.05) is 18.5 Å². The summed E-state index contributed by atoms with van der Waals surface area (Å²) < 4.78 is 19.9. The van der Waals surface area contributed by atoms with Gasteiger partial charge in [0.25, 0.3) is 5.56 Å². The molecule has 1 N–H and O–H groups in total. The Kier molecular flexibility index (Phi) is 4.85. The van der Waals surface area contributed by atoms with E-state index in [9.17, 15) is 4.79 Å². The van der Waals surface area contributed by atoms with E-state index in [1.807, 2.05) is 20.0 Å². The number of imidazole rings is 1. The Balaban J connectivity index is 1.47. The molecule has 0 saturated carbocycles. The van der Waals surface area contributed by atoms with Crippen LogP contribution in [0.15, 0.2) is 47.8 Å². The minimum Gasteiger partial charge on any atom is -0.339 e. The maximum Gasteiger partial charge on any atom is 0.254 e. The summed E-state index contributed by atoms with van der Waals surface area (Å²) in [6, 6.07) is 5.84. The van der Waals surface area contributed by atoms with Crippen LogP contribution in [0.4, 0.5) is 4.39 Å². The minimum absolute atomic E-state index is 0.0532. The number of H-pyrrole nitrogens is 1. The molecule has 176 valence electrons. The van der Waals surface area contributed by atoms with Crippen LogP contribution in [0.2, 0.25) is 5.02 Å². The zero-order valence-electron chi connectivity index (χ0n) is 18.6. The Morgan fingerprint density at radius 1 is 1.26 bits per heavy atom. The van der Waals surface area contributed by atoms with Gasteiger partial charge in [0.2, 0.25) is 0 Å². The van der Waals surface area contributed by atoms with Gasteiger partial charge in [0.15, 0.2) is 5.82 Å². The lowest BCUT2D eigenvalue weighted by molar-refractivity contribution is 0.555. The van der Waals surface area contributed by atoms with Gasteiger partial charge in [0, 0.05) is 25.2 Å². The van der Waals surface area contributed by atoms with Crippen molar-refractivity contribution in [2.75, 3.05) is 0 Å². The predicted molar refractivity (Wildman–Crippen MR) is 124 cm³/mol. The maximum absolute atomic E-state index is 15.2. The summed E-state index contributed by atoms with van der Waals surface area (Å²) in [5.41, 5.74) is 1.89. The molecule has 2 unspecified atom stereocenters. The number of aromatic nitrogens is 10. The number of nitrogens with one attached hydrogen (secondary N) is 1. The average Bonchev–Trinajstić information content (AvgIpc) is 3.63. The van der Waals surface area contributed by atoms with Crippen molar-refractivity contribution >= 4 is 11.6 Å². The largest absolute Gasteiger partial charge is 0.339 e. The molecule has 0 fully saturated rings. The van der Waals surface area contributed by atoms with Crippen molar-refractivity contribution in [2.24, 2.45) is 7.05 Å². The fraction of sp³-hybridized carbons (Fsp3) is 0.227. The molecule has 0 saturated heterocycles. The normalized spacial score (nSPS) is 17.1. The summed E-state index contributed by atoms with van der Waals surface area (Å²) in [6.45, 7) is 1.98. The Hall–Kier alpha value is -4.19. The van der Waals surface area contributed by atoms with Crippen molar-refractivity contribution < 1.29 is 4.39 Å². The van der Waals surface area contributed by atoms with Gasteiger partial charge in [-0.05, 0) is 35.0 Å². The van der Waals surface area contributed by atoms with E-state index < -0.39 is 5.82 Å². The third-order valence-electron chi connectivity index (χ3n) is 6.24. The van der Waals surface area contributed by atoms with Gasteiger partial charge < -0.3 is 4.98 Å². The Bertz CT molecular complexity index is 1620. The topological polar surface area (TPSA) is 125 Å². The van der Waals surface area contributed by atoms with Gasteiger partial charge in [-0.25, -0.2) is 14.4 Å². The summed E-state index contributed by atoms with van der Waals surface area (Å²) in [5.74, 6) is 0.409. The highest BCUT2D eigenvalue weighted by atomic mass is 35.5. The lowest BCUT2D eigenvalue weighted by atomic mass is 10.1. The first-order chi connectivity index (χ1) is 16.9. The number of fused-ring (bicyclic) bond motifs is 1. The minimum atomic E-state index is -0.703. The first kappa shape index (κ1) is 21.4. The Morgan fingerprint density at radius 3 is 2.86 bits per heavy atom. The molecule has 1 aromatic carbocycles. The van der Waals surface area contributed by atoms with Crippen LogP contribution in [0.25, 0.3) is 28.3 Å². The number of nitrogens with zero attached hydrogens (tertiary/aromatic N) is 9. The van der Waals surface area contributed by atoms with Crippen molar-refractivity contribution in [3.8, 4) is 28.3 Å². The van der Waals surface area contributed by atoms with Gasteiger partial charge in [0.1, 0.15) is 18.0 Å². The molecule has 1 aliphatic rings. The predicted octanol–water partition coefficient (Wildman–Crippen LogP) is 2.90. The molecule has 4 aromatic heterocycles. The molecular weight excluding hydrogens is 475 g/mol. The maximum atomic E-state index is 15.2. The van der Waals surface area contributed by atoms with Crippen LogP contribution in [0, 0.1) is 5.82 Å². The second-order valence-corrected chi connectivity index (χ2v) is 8.80. The zero-order chi connectivity index (χ0) is 24.3. The number of hydrogen-bond donors (Lipinski definition) is 1. The first-order valence-electron chi connectivity index (χ1n) is 10.8. The lowest BCUT2D eigenvalue weighted by Gasteiger charge is -2.15. The summed E-state index contributed by atoms with van der Waals surface area (Å²) in [4.78, 5) is 25.9. The molecule has 11 nitrogen and oxygen atoms in total. The van der Waals surface area contributed by atoms with Gasteiger partial charge in [-0.15, -0.1) is 5.10 Å². The average molecular weight is 493 g/mol. The van der Waals surface area contributed by atoms with Crippen molar-refractivity contribution in [3.63, 3.8) is 0 Å². The molecule has 6 rings (SSSR count). The van der Waals surface area contributed by atoms with Gasteiger partial charge in [0.05, 0.1) is 45.6 Å². The number of rotatable bonds is 4. The van der Waals surface area contributed by atoms with Crippen LogP contribution in [0.3, 0.4) is 0 Å². The van der Waals surface area contributed by atoms with Gasteiger partial charge in [-0.3, -0.25) is 14.0 Å². The molecule has 13 heteroatoms. The quantitative estimate of drug-likeness (QED) is 0.409. The van der Waals surface area contributed by atoms with Crippen LogP contribution in [-0.2, 0) is 7.05 Å². The summed E-state index contributed by atoms with van der Waals surface area (Å²) in [5, 5.41) is 15.2. The summed E-state index contributed by atoms with van der Waals surface area (Å²) >= 11 is 6.08. The molecule has 5 aromatic rings. The van der Waals surface area contributed by atoms with Crippen molar-refractivity contribution in [2.45, 2.75) is 25.3 Å². The fourth-order valence-electron chi connectivity index (χ4n) is 4.60. The van der Waals surface area contributed by atoms with E-state index in [4.69, 9.17) is 16.6 Å². The molecule has 35 heavy (non-hydrogen) atoms. The molecule has 0 spiro atoms. The van der Waals surface area contributed by atoms with Crippen LogP contribution >= 0.6 is 11.6 Å². The number of aryl methyl sites for hydroxylation is 1. The van der Waals surface area contributed by atoms with E-state index in [1.165, 1.54) is 23.1 Å². The third kappa shape index (κ3) is 3.36. The molecule has 5 heterocycles. The number of aromatic amines is 1. The number of halogens is 2. The fourth-order valence-corrected chi connectivity index (χ4v) is 4.76. The SMILES string of the molecule is CC1CC(c2ncc(-c3ccnn3C)[nH]2)n2c1nc(-c1c(-n3cnnn3)ccc(Cl)c1F)cc2=O. The highest BCUT2D eigenvalue weighted by Gasteiger charge is 2.34. The smallest absolute Gasteiger partial charge is 0.254 e. The second-order valence-electron chi connectivity index (χ2n) is 8.39. The molecule has 0 aliphatic carbocycles. The van der Waals surface area contributed by atoms with E-state index in [1.54, 1.807) is 27.7 Å². The standard InChI is InChI=1S/C22H18ClFN10O/c1-11-7-17(21-25-9-14(28-21)15-5-6-27-32(15)2)34-18(35)8-13(29-22(11)34)19-16(33-10-26-30-31-33)4-3-12(23)20(19)24/h3-6,8-11,17H,7H2,1-2H3,(H,25,28). The summed E-state index contributed by atoms with van der Waals surface area (Å²) in [7, 11) is 1.84. The third-order valence-corrected chi connectivity index (χ3v) is 6.53. The number of benzene rings is 1. The van der Waals surface area contributed by atoms with Crippen molar-refractivity contribution in [1.29, 1.82) is 0 Å². The Labute approximate surface area is 202 Å². The van der Waals surface area contributed by atoms with Crippen LogP contribution in [-0.4, -0.2) is 49.5 Å². The van der Waals surface area contributed by atoms with E-state index in [-0.39, 0.29) is 33.8 Å². The molecular formula is C22H18ClFN10O. The van der Waals surface area contributed by atoms with Crippen LogP contribution < -0.4 is 5.56 Å². The van der Waals surface area contributed by atoms with E-state index in [2.05, 4.69) is 30.6 Å². The van der Waals surface area contributed by atoms with E-state index in [0.717, 1.165) is 11.4 Å². The molecule has 2 atom stereocenters. The van der Waals surface area contributed by atoms with E-state index in [0.29, 0.717) is 23.8 Å². The van der Waals surface area contributed by atoms with Crippen LogP contribution in [0.1, 0.15) is 37.0 Å². The molecule has 0 radical (unpaired) electrons. The Morgan fingerprint density at radius 2 is 2.11 bits per heavy atom. The van der Waals surface area contributed by atoms with Crippen molar-refractivity contribution in [1.82, 2.24) is 49.5 Å². The molecule has 0 amide bonds. The van der Waals surface area contributed by atoms with E-state index >= 15 is 4.39 Å². The van der Waals surface area contributed by atoms with Gasteiger partial charge >= 0.3 is 0 Å². The van der Waals surface area contributed by atoms with Crippen LogP contribution in [0.5, 0.6) is 0 Å². The number of hydrogen-bond acceptors (Lipinski definition) is 7. The highest BCUT2D eigenvalue weighted by Crippen LogP contribution is 2.39. The van der Waals surface area contributed by atoms with Crippen molar-refractivity contribution in [3.05, 3.63) is 75.8 Å². The van der Waals surface area contributed by atoms with Gasteiger partial charge in [-0.2, -0.15) is 9.78 Å². The molecule has 0 bridgehead atoms. The zero-order valence-corrected chi connectivity index (χ0v) is 19.3. The summed E-state index contributed by atoms with van der Waals surface area (Å²) in [6.07, 6.45) is 5.38. The lowest BCUT2D eigenvalue weighted by Crippen LogP contribution is -2.25. The first-order valence-corrected chi connectivity index (χ1v) is 11.2. The second kappa shape index (κ2) is 7.94. The number of tetrazole rings is 1. The highest BCUT2D eigenvalue weighted by molar-refractivity contribution is 6.31.